The van der Waals surface area contributed by atoms with Crippen molar-refractivity contribution in [2.75, 3.05) is 0 Å². The third-order valence-electron chi connectivity index (χ3n) is 7.11. The molecule has 166 valence electrons. The first-order chi connectivity index (χ1) is 16.7. The Morgan fingerprint density at radius 2 is 1.88 bits per heavy atom. The second kappa shape index (κ2) is 7.15. The number of rotatable bonds is 2. The number of para-hydroxylation sites is 1. The molecule has 5 aromatic rings. The molecule has 1 N–H and O–H groups in total. The predicted octanol–water partition coefficient (Wildman–Crippen LogP) is 4.69. The molecule has 1 spiro atoms. The van der Waals surface area contributed by atoms with Crippen LogP contribution < -0.4 is 0 Å². The fourth-order valence-corrected chi connectivity index (χ4v) is 5.30. The minimum atomic E-state index is -0.556. The van der Waals surface area contributed by atoms with Gasteiger partial charge in [0.25, 0.3) is 0 Å². The van der Waals surface area contributed by atoms with E-state index in [0.29, 0.717) is 17.0 Å². The van der Waals surface area contributed by atoms with E-state index in [1.807, 2.05) is 30.3 Å². The Labute approximate surface area is 194 Å². The molecule has 0 amide bonds. The molecule has 8 nitrogen and oxygen atoms in total. The quantitative estimate of drug-likeness (QED) is 0.391. The van der Waals surface area contributed by atoms with Gasteiger partial charge >= 0.3 is 5.97 Å². The van der Waals surface area contributed by atoms with Gasteiger partial charge in [-0.2, -0.15) is 0 Å². The molecule has 1 aliphatic heterocycles. The van der Waals surface area contributed by atoms with E-state index < -0.39 is 5.60 Å². The van der Waals surface area contributed by atoms with E-state index in [1.165, 1.54) is 0 Å². The molecular weight excluding hydrogens is 428 g/mol. The van der Waals surface area contributed by atoms with E-state index in [-0.39, 0.29) is 11.9 Å². The van der Waals surface area contributed by atoms with Gasteiger partial charge in [0.15, 0.2) is 11.5 Å². The Bertz CT molecular complexity index is 1590. The SMILES string of the molecule is O=C1OC2(CCC(c3nc4nc(-c5cnc6ccccc6c5)ncc4[nH]3)CC2)c2cnccc21. The lowest BCUT2D eigenvalue weighted by atomic mass is 9.75. The number of imidazole rings is 1. The lowest BCUT2D eigenvalue weighted by molar-refractivity contribution is -0.0313. The number of carbonyl (C=O) groups excluding carboxylic acids is 1. The monoisotopic (exact) mass is 448 g/mol. The second-order valence-corrected chi connectivity index (χ2v) is 9.05. The summed E-state index contributed by atoms with van der Waals surface area (Å²) in [4.78, 5) is 38.6. The largest absolute Gasteiger partial charge is 0.450 e. The molecule has 7 rings (SSSR count). The van der Waals surface area contributed by atoms with Crippen LogP contribution in [-0.2, 0) is 10.3 Å². The number of pyridine rings is 2. The number of ether oxygens (including phenoxy) is 1. The van der Waals surface area contributed by atoms with Gasteiger partial charge in [0, 0.05) is 41.0 Å². The summed E-state index contributed by atoms with van der Waals surface area (Å²) in [6.45, 7) is 0. The lowest BCUT2D eigenvalue weighted by Crippen LogP contribution is -2.31. The Morgan fingerprint density at radius 3 is 2.79 bits per heavy atom. The lowest BCUT2D eigenvalue weighted by Gasteiger charge is -2.35. The minimum Gasteiger partial charge on any atom is -0.450 e. The van der Waals surface area contributed by atoms with E-state index >= 15 is 0 Å². The van der Waals surface area contributed by atoms with Crippen LogP contribution in [0.5, 0.6) is 0 Å². The first-order valence-electron chi connectivity index (χ1n) is 11.4. The number of nitrogens with one attached hydrogen (secondary N) is 1. The summed E-state index contributed by atoms with van der Waals surface area (Å²) >= 11 is 0. The van der Waals surface area contributed by atoms with Crippen molar-refractivity contribution in [2.24, 2.45) is 0 Å². The molecule has 0 radical (unpaired) electrons. The summed E-state index contributed by atoms with van der Waals surface area (Å²) in [5.74, 6) is 1.51. The zero-order chi connectivity index (χ0) is 22.7. The van der Waals surface area contributed by atoms with E-state index in [9.17, 15) is 4.79 Å². The van der Waals surface area contributed by atoms with Crippen LogP contribution in [0.15, 0.2) is 61.2 Å². The Hall–Kier alpha value is -4.20. The van der Waals surface area contributed by atoms with Crippen LogP contribution in [0.1, 0.15) is 53.3 Å². The molecule has 1 saturated carbocycles. The van der Waals surface area contributed by atoms with Gasteiger partial charge in [-0.05, 0) is 43.9 Å². The molecule has 0 saturated heterocycles. The molecule has 1 fully saturated rings. The third-order valence-corrected chi connectivity index (χ3v) is 7.11. The zero-order valence-corrected chi connectivity index (χ0v) is 18.2. The van der Waals surface area contributed by atoms with Crippen molar-refractivity contribution in [3.05, 3.63) is 78.1 Å². The van der Waals surface area contributed by atoms with Gasteiger partial charge in [0.05, 0.1) is 17.3 Å². The third kappa shape index (κ3) is 2.91. The van der Waals surface area contributed by atoms with Gasteiger partial charge in [-0.3, -0.25) is 9.97 Å². The maximum absolute atomic E-state index is 12.3. The highest BCUT2D eigenvalue weighted by atomic mass is 16.6. The molecule has 8 heteroatoms. The van der Waals surface area contributed by atoms with Crippen molar-refractivity contribution in [2.45, 2.75) is 37.2 Å². The van der Waals surface area contributed by atoms with Gasteiger partial charge in [-0.15, -0.1) is 0 Å². The number of carbonyl (C=O) groups is 1. The van der Waals surface area contributed by atoms with Crippen LogP contribution in [-0.4, -0.2) is 35.9 Å². The minimum absolute atomic E-state index is 0.241. The summed E-state index contributed by atoms with van der Waals surface area (Å²) in [5, 5.41) is 1.05. The number of nitrogens with zero attached hydrogens (tertiary/aromatic N) is 5. The molecule has 34 heavy (non-hydrogen) atoms. The molecule has 4 aromatic heterocycles. The van der Waals surface area contributed by atoms with Gasteiger partial charge in [0.1, 0.15) is 16.9 Å². The average Bonchev–Trinajstić information content (AvgIpc) is 3.43. The number of hydrogen-bond donors (Lipinski definition) is 1. The van der Waals surface area contributed by atoms with E-state index in [1.54, 1.807) is 30.9 Å². The molecule has 1 aliphatic carbocycles. The molecule has 1 aromatic carbocycles. The van der Waals surface area contributed by atoms with E-state index in [4.69, 9.17) is 14.7 Å². The van der Waals surface area contributed by atoms with Crippen molar-refractivity contribution in [3.8, 4) is 11.4 Å². The molecular formula is C26H20N6O2. The summed E-state index contributed by atoms with van der Waals surface area (Å²) < 4.78 is 5.86. The summed E-state index contributed by atoms with van der Waals surface area (Å²) in [6, 6.07) is 11.8. The van der Waals surface area contributed by atoms with Crippen LogP contribution in [0, 0.1) is 0 Å². The van der Waals surface area contributed by atoms with Gasteiger partial charge in [-0.1, -0.05) is 18.2 Å². The summed E-state index contributed by atoms with van der Waals surface area (Å²) in [7, 11) is 0. The van der Waals surface area contributed by atoms with Gasteiger partial charge in [0.2, 0.25) is 0 Å². The van der Waals surface area contributed by atoms with Crippen LogP contribution in [0.4, 0.5) is 0 Å². The maximum atomic E-state index is 12.3. The van der Waals surface area contributed by atoms with Gasteiger partial charge in [-0.25, -0.2) is 19.7 Å². The second-order valence-electron chi connectivity index (χ2n) is 9.05. The number of aromatic nitrogens is 6. The number of H-pyrrole nitrogens is 1. The highest BCUT2D eigenvalue weighted by molar-refractivity contribution is 5.94. The van der Waals surface area contributed by atoms with Crippen LogP contribution in [0.2, 0.25) is 0 Å². The van der Waals surface area contributed by atoms with Crippen molar-refractivity contribution >= 4 is 28.0 Å². The molecule has 5 heterocycles. The van der Waals surface area contributed by atoms with E-state index in [0.717, 1.165) is 59.1 Å². The fourth-order valence-electron chi connectivity index (χ4n) is 5.30. The molecule has 2 aliphatic rings. The first kappa shape index (κ1) is 19.3. The Morgan fingerprint density at radius 1 is 1.00 bits per heavy atom. The first-order valence-corrected chi connectivity index (χ1v) is 11.4. The molecule has 0 unspecified atom stereocenters. The summed E-state index contributed by atoms with van der Waals surface area (Å²) in [6.07, 6.45) is 10.2. The van der Waals surface area contributed by atoms with Crippen molar-refractivity contribution in [1.29, 1.82) is 0 Å². The number of hydrogen-bond acceptors (Lipinski definition) is 7. The van der Waals surface area contributed by atoms with Crippen LogP contribution in [0.25, 0.3) is 33.5 Å². The molecule has 0 atom stereocenters. The number of esters is 1. The normalized spacial score (nSPS) is 21.8. The van der Waals surface area contributed by atoms with Crippen LogP contribution >= 0.6 is 0 Å². The predicted molar refractivity (Wildman–Crippen MR) is 125 cm³/mol. The average molecular weight is 448 g/mol. The smallest absolute Gasteiger partial charge is 0.339 e. The van der Waals surface area contributed by atoms with Crippen molar-refractivity contribution < 1.29 is 9.53 Å². The van der Waals surface area contributed by atoms with Crippen LogP contribution in [0.3, 0.4) is 0 Å². The molecule has 0 bridgehead atoms. The Kier molecular flexibility index (Phi) is 4.05. The highest BCUT2D eigenvalue weighted by Gasteiger charge is 2.48. The number of benzene rings is 1. The van der Waals surface area contributed by atoms with E-state index in [2.05, 4.69) is 19.9 Å². The number of fused-ring (bicyclic) bond motifs is 4. The van der Waals surface area contributed by atoms with Crippen molar-refractivity contribution in [1.82, 2.24) is 29.9 Å². The highest BCUT2D eigenvalue weighted by Crippen LogP contribution is 2.49. The zero-order valence-electron chi connectivity index (χ0n) is 18.2. The van der Waals surface area contributed by atoms with Crippen molar-refractivity contribution in [3.63, 3.8) is 0 Å². The summed E-state index contributed by atoms with van der Waals surface area (Å²) in [5.41, 5.74) is 4.27. The van der Waals surface area contributed by atoms with Gasteiger partial charge < -0.3 is 9.72 Å². The maximum Gasteiger partial charge on any atom is 0.339 e. The number of aromatic amines is 1. The fraction of sp³-hybridized carbons (Fsp3) is 0.231. The topological polar surface area (TPSA) is 107 Å². The Balaban J connectivity index is 1.16. The standard InChI is InChI=1S/C26H20N6O2/c33-25-18-7-10-27-13-19(18)26(34-25)8-5-15(6-9-26)23-30-21-14-29-22(31-24(21)32-23)17-11-16-3-1-2-4-20(16)28-12-17/h1-4,7,10-15H,5-6,8-9H2,(H,29,30,31,32).